The summed E-state index contributed by atoms with van der Waals surface area (Å²) in [5, 5.41) is 56.8. The number of aromatic hydroxyl groups is 4. The summed E-state index contributed by atoms with van der Waals surface area (Å²) in [5.74, 6) is -4.68. The van der Waals surface area contributed by atoms with Crippen molar-refractivity contribution in [3.05, 3.63) is 253 Å². The molecule has 0 aliphatic carbocycles. The number of aliphatic hydroxyl groups excluding tert-OH is 2. The highest BCUT2D eigenvalue weighted by molar-refractivity contribution is 6.00. The summed E-state index contributed by atoms with van der Waals surface area (Å²) in [6.45, 7) is -0.731. The van der Waals surface area contributed by atoms with E-state index in [1.807, 2.05) is 0 Å². The second-order valence-corrected chi connectivity index (χ2v) is 20.7. The average molecular weight is 1330 g/mol. The minimum atomic E-state index is -4.61. The van der Waals surface area contributed by atoms with Gasteiger partial charge in [-0.3, -0.25) is 38.4 Å². The standard InChI is InChI=1S/2C15H10F3NO5.2C15H10F3NO4/c2*16-15(17,18)7-1-2-9-10(3-7)14(23)19(13(9)22)5-8-4-11(20)12(21)6-24-8;16-15(17,18)9-1-2-11-8(3-9)5-19(14(11)22)6-10-4-12(20)13(21)7-23-10;16-15(17,18)9-2-1-8-5-19(14(22)11(8)3-9)6-10-4-12(20)13(21)7-23-10/h1-4,6,14,21,23H,5H2;1-4,6,13,21-22H,5H2;2*1-4,7,21H,5-6H2. The van der Waals surface area contributed by atoms with E-state index in [0.29, 0.717) is 17.7 Å². The Bertz CT molecular complexity index is 4460. The Labute approximate surface area is 514 Å². The molecule has 0 saturated carbocycles. The van der Waals surface area contributed by atoms with Crippen molar-refractivity contribution >= 4 is 23.6 Å². The van der Waals surface area contributed by atoms with Gasteiger partial charge in [-0.1, -0.05) is 12.1 Å². The van der Waals surface area contributed by atoms with E-state index in [-0.39, 0.29) is 101 Å². The van der Waals surface area contributed by atoms with Crippen LogP contribution in [-0.4, -0.2) is 73.9 Å². The van der Waals surface area contributed by atoms with Gasteiger partial charge in [0.2, 0.25) is 21.7 Å². The van der Waals surface area contributed by atoms with Crippen LogP contribution in [0.25, 0.3) is 0 Å². The maximum Gasteiger partial charge on any atom is 0.416 e. The van der Waals surface area contributed by atoms with Gasteiger partial charge in [-0.2, -0.15) is 52.7 Å². The molecular formula is C60H40F12N4O18. The Balaban J connectivity index is 0.000000148. The van der Waals surface area contributed by atoms with Crippen LogP contribution in [0, 0.1) is 0 Å². The summed E-state index contributed by atoms with van der Waals surface area (Å²) in [7, 11) is 0. The highest BCUT2D eigenvalue weighted by atomic mass is 19.4. The van der Waals surface area contributed by atoms with Crippen LogP contribution in [0.1, 0.15) is 121 Å². The highest BCUT2D eigenvalue weighted by Gasteiger charge is 2.42. The van der Waals surface area contributed by atoms with E-state index >= 15 is 0 Å². The molecule has 22 nitrogen and oxygen atoms in total. The molecule has 0 fully saturated rings. The second-order valence-electron chi connectivity index (χ2n) is 20.7. The molecule has 4 aliphatic rings. The van der Waals surface area contributed by atoms with Crippen molar-refractivity contribution in [1.29, 1.82) is 0 Å². The fourth-order valence-corrected chi connectivity index (χ4v) is 9.64. The summed E-state index contributed by atoms with van der Waals surface area (Å²) in [4.78, 5) is 98.5. The third-order valence-corrected chi connectivity index (χ3v) is 14.3. The van der Waals surface area contributed by atoms with Crippen molar-refractivity contribution in [3.63, 3.8) is 0 Å². The number of aliphatic hydroxyl groups is 2. The largest absolute Gasteiger partial charge is 0.502 e. The number of amides is 4. The summed E-state index contributed by atoms with van der Waals surface area (Å²) in [6, 6.07) is 14.9. The van der Waals surface area contributed by atoms with Gasteiger partial charge in [0.15, 0.2) is 35.5 Å². The normalized spacial score (nSPS) is 15.8. The number of benzene rings is 4. The van der Waals surface area contributed by atoms with E-state index in [1.54, 1.807) is 0 Å². The van der Waals surface area contributed by atoms with Gasteiger partial charge in [0, 0.05) is 70.7 Å². The number of halogens is 12. The summed E-state index contributed by atoms with van der Waals surface area (Å²) in [6.07, 6.45) is -18.0. The third kappa shape index (κ3) is 14.5. The number of rotatable bonds is 8. The molecular weight excluding hydrogens is 1290 g/mol. The number of alkyl halides is 12. The Morgan fingerprint density at radius 2 is 0.681 bits per heavy atom. The maximum atomic E-state index is 12.8. The zero-order chi connectivity index (χ0) is 68.8. The first-order chi connectivity index (χ1) is 43.9. The first-order valence-corrected chi connectivity index (χ1v) is 26.5. The van der Waals surface area contributed by atoms with Crippen LogP contribution in [0.2, 0.25) is 0 Å². The Morgan fingerprint density at radius 1 is 0.351 bits per heavy atom. The molecule has 0 bridgehead atoms. The first-order valence-electron chi connectivity index (χ1n) is 26.5. The molecule has 4 aromatic carbocycles. The van der Waals surface area contributed by atoms with Crippen molar-refractivity contribution in [2.24, 2.45) is 0 Å². The minimum absolute atomic E-state index is 0.0112. The smallest absolute Gasteiger partial charge is 0.416 e. The van der Waals surface area contributed by atoms with Crippen molar-refractivity contribution in [2.45, 2.75) is 76.4 Å². The van der Waals surface area contributed by atoms with E-state index in [0.717, 1.165) is 114 Å². The van der Waals surface area contributed by atoms with Crippen molar-refractivity contribution in [1.82, 2.24) is 19.6 Å². The second kappa shape index (κ2) is 25.5. The van der Waals surface area contributed by atoms with Crippen molar-refractivity contribution < 1.29 is 120 Å². The van der Waals surface area contributed by atoms with E-state index in [1.165, 1.54) is 15.9 Å². The average Bonchev–Trinajstić information content (AvgIpc) is 1.64. The number of carbonyl (C=O) groups is 4. The fraction of sp³-hybridized carbons (Fsp3) is 0.200. The minimum Gasteiger partial charge on any atom is -0.502 e. The van der Waals surface area contributed by atoms with Gasteiger partial charge in [-0.25, -0.2) is 0 Å². The molecule has 2 unspecified atom stereocenters. The Hall–Kier alpha value is -11.2. The van der Waals surface area contributed by atoms with Crippen LogP contribution in [-0.2, 0) is 64.0 Å². The van der Waals surface area contributed by atoms with Gasteiger partial charge in [-0.05, 0) is 71.8 Å². The monoisotopic (exact) mass is 1330 g/mol. The molecule has 6 N–H and O–H groups in total. The van der Waals surface area contributed by atoms with Gasteiger partial charge in [0.05, 0.1) is 48.4 Å². The van der Waals surface area contributed by atoms with Crippen LogP contribution in [0.3, 0.4) is 0 Å². The quantitative estimate of drug-likeness (QED) is 0.0772. The molecule has 4 amide bonds. The Morgan fingerprint density at radius 3 is 1.11 bits per heavy atom. The zero-order valence-electron chi connectivity index (χ0n) is 46.9. The molecule has 8 heterocycles. The van der Waals surface area contributed by atoms with Crippen LogP contribution in [0.5, 0.6) is 23.0 Å². The number of fused-ring (bicyclic) bond motifs is 4. The third-order valence-electron chi connectivity index (χ3n) is 14.3. The predicted molar refractivity (Wildman–Crippen MR) is 289 cm³/mol. The van der Waals surface area contributed by atoms with Gasteiger partial charge in [0.1, 0.15) is 48.1 Å². The molecule has 0 radical (unpaired) electrons. The maximum absolute atomic E-state index is 12.8. The van der Waals surface area contributed by atoms with E-state index in [9.17, 15) is 101 Å². The molecule has 0 spiro atoms. The molecule has 0 saturated heterocycles. The van der Waals surface area contributed by atoms with E-state index in [4.69, 9.17) is 38.1 Å². The number of hydrogen-bond acceptors (Lipinski definition) is 18. The van der Waals surface area contributed by atoms with Crippen LogP contribution < -0.4 is 21.7 Å². The number of nitrogens with zero attached hydrogens (tertiary/aromatic N) is 4. The van der Waals surface area contributed by atoms with Crippen LogP contribution in [0.15, 0.2) is 159 Å². The van der Waals surface area contributed by atoms with E-state index in [2.05, 4.69) is 0 Å². The molecule has 8 aromatic rings. The highest BCUT2D eigenvalue weighted by Crippen LogP contribution is 2.41. The molecule has 2 atom stereocenters. The number of hydrogen-bond donors (Lipinski definition) is 6. The van der Waals surface area contributed by atoms with Gasteiger partial charge >= 0.3 is 24.7 Å². The molecule has 12 rings (SSSR count). The van der Waals surface area contributed by atoms with Crippen molar-refractivity contribution in [2.75, 3.05) is 0 Å². The lowest BCUT2D eigenvalue weighted by Crippen LogP contribution is -2.27. The lowest BCUT2D eigenvalue weighted by Gasteiger charge is -2.20. The Kier molecular flexibility index (Phi) is 18.2. The van der Waals surface area contributed by atoms with Crippen LogP contribution >= 0.6 is 0 Å². The molecule has 94 heavy (non-hydrogen) atoms. The number of carbonyl (C=O) groups excluding carboxylic acids is 4. The molecule has 34 heteroatoms. The predicted octanol–water partition coefficient (Wildman–Crippen LogP) is 9.06. The summed E-state index contributed by atoms with van der Waals surface area (Å²) in [5.41, 5.74) is -6.01. The topological polar surface area (TPSA) is 323 Å². The molecule has 492 valence electrons. The lowest BCUT2D eigenvalue weighted by molar-refractivity contribution is -0.138. The van der Waals surface area contributed by atoms with Crippen molar-refractivity contribution in [3.8, 4) is 23.0 Å². The van der Waals surface area contributed by atoms with Gasteiger partial charge in [-0.15, -0.1) is 0 Å². The molecule has 4 aliphatic heterocycles. The van der Waals surface area contributed by atoms with E-state index < -0.39 is 128 Å². The molecule has 4 aromatic heterocycles. The zero-order valence-corrected chi connectivity index (χ0v) is 46.9. The fourth-order valence-electron chi connectivity index (χ4n) is 9.64. The SMILES string of the molecule is O=C1c2cc(C(F)(F)F)ccc2C(O)N1Cc1cc(=O)c(O)co1.O=C1c2cc(C(F)(F)F)ccc2CN1Cc1cc(=O)c(O)co1.O=C1c2ccc(C(F)(F)F)cc2C(O)N1Cc1cc(=O)c(O)co1.O=C1c2ccc(C(F)(F)F)cc2CN1Cc1cc(=O)c(O)co1. The van der Waals surface area contributed by atoms with Gasteiger partial charge in [0.25, 0.3) is 23.6 Å². The van der Waals surface area contributed by atoms with Gasteiger partial charge < -0.3 is 67.9 Å². The van der Waals surface area contributed by atoms with Crippen LogP contribution in [0.4, 0.5) is 52.7 Å². The summed E-state index contributed by atoms with van der Waals surface area (Å²) < 4.78 is 173. The summed E-state index contributed by atoms with van der Waals surface area (Å²) >= 11 is 0. The first kappa shape index (κ1) is 67.2. The lowest BCUT2D eigenvalue weighted by atomic mass is 10.1.